The van der Waals surface area contributed by atoms with Crippen LogP contribution in [-0.2, 0) is 0 Å². The molecule has 0 radical (unpaired) electrons. The Morgan fingerprint density at radius 2 is 0.530 bits per heavy atom. The van der Waals surface area contributed by atoms with Crippen LogP contribution < -0.4 is 0 Å². The van der Waals surface area contributed by atoms with Crippen LogP contribution >= 0.6 is 22.7 Å². The molecule has 0 bridgehead atoms. The molecular weight excluding hydrogens is 1680 g/mol. The zero-order valence-electron chi connectivity index (χ0n) is 71.6. The van der Waals surface area contributed by atoms with E-state index in [4.69, 9.17) is 53.7 Å². The number of thiophene rings is 2. The largest absolute Gasteiger partial charge is 0.456 e. The number of furan rings is 2. The van der Waals surface area contributed by atoms with Crippen molar-refractivity contribution >= 4 is 182 Å². The third-order valence-electron chi connectivity index (χ3n) is 25.7. The van der Waals surface area contributed by atoms with Crippen molar-refractivity contribution in [2.75, 3.05) is 0 Å². The molecule has 134 heavy (non-hydrogen) atoms. The molecule has 13 heteroatoms. The summed E-state index contributed by atoms with van der Waals surface area (Å²) in [5.74, 6) is 5.82. The second-order valence-corrected chi connectivity index (χ2v) is 35.8. The Morgan fingerprint density at radius 3 is 1.13 bits per heavy atom. The third-order valence-corrected chi connectivity index (χ3v) is 28.0. The van der Waals surface area contributed by atoms with Crippen molar-refractivity contribution in [3.63, 3.8) is 0 Å². The van der Waals surface area contributed by atoms with E-state index in [1.54, 1.807) is 11.3 Å². The summed E-state index contributed by atoms with van der Waals surface area (Å²) in [5, 5.41) is 25.7. The minimum atomic E-state index is 0.613. The summed E-state index contributed by atoms with van der Waals surface area (Å²) in [5.41, 5.74) is 14.3. The molecule has 28 aromatic rings. The lowest BCUT2D eigenvalue weighted by molar-refractivity contribution is 0.669. The average Bonchev–Trinajstić information content (AvgIpc) is 1.49. The van der Waals surface area contributed by atoms with Crippen LogP contribution in [0.1, 0.15) is 0 Å². The number of fused-ring (bicyclic) bond motifs is 23. The molecule has 0 unspecified atom stereocenters. The molecule has 0 atom stereocenters. The Bertz CT molecular complexity index is 9550. The first-order chi connectivity index (χ1) is 66.4. The number of para-hydroxylation sites is 2. The average molecular weight is 1750 g/mol. The van der Waals surface area contributed by atoms with Gasteiger partial charge in [0.15, 0.2) is 52.4 Å². The zero-order chi connectivity index (χ0) is 88.3. The van der Waals surface area contributed by atoms with Gasteiger partial charge in [0.2, 0.25) is 0 Å². The van der Waals surface area contributed by atoms with Crippen LogP contribution in [0.25, 0.3) is 273 Å². The summed E-state index contributed by atoms with van der Waals surface area (Å²) in [7, 11) is 0. The van der Waals surface area contributed by atoms with Gasteiger partial charge < -0.3 is 8.83 Å². The molecule has 7 heterocycles. The van der Waals surface area contributed by atoms with E-state index in [2.05, 4.69) is 346 Å². The minimum Gasteiger partial charge on any atom is -0.456 e. The van der Waals surface area contributed by atoms with Crippen molar-refractivity contribution < 1.29 is 8.83 Å². The van der Waals surface area contributed by atoms with Gasteiger partial charge in [-0.25, -0.2) is 44.9 Å². The van der Waals surface area contributed by atoms with E-state index >= 15 is 0 Å². The summed E-state index contributed by atoms with van der Waals surface area (Å²) in [6, 6.07) is 150. The molecule has 0 fully saturated rings. The monoisotopic (exact) mass is 1750 g/mol. The van der Waals surface area contributed by atoms with Gasteiger partial charge in [0.05, 0.1) is 0 Å². The maximum Gasteiger partial charge on any atom is 0.164 e. The number of hydrogen-bond donors (Lipinski definition) is 0. The minimum absolute atomic E-state index is 0.613. The highest BCUT2D eigenvalue weighted by molar-refractivity contribution is 7.27. The maximum absolute atomic E-state index is 6.39. The van der Waals surface area contributed by atoms with Crippen LogP contribution in [-0.4, -0.2) is 44.9 Å². The molecule has 21 aromatic carbocycles. The van der Waals surface area contributed by atoms with Gasteiger partial charge in [-0.1, -0.05) is 352 Å². The lowest BCUT2D eigenvalue weighted by atomic mass is 9.94. The molecule has 624 valence electrons. The van der Waals surface area contributed by atoms with Gasteiger partial charge in [0.25, 0.3) is 0 Å². The zero-order valence-corrected chi connectivity index (χ0v) is 73.3. The number of hydrogen-bond acceptors (Lipinski definition) is 13. The second-order valence-electron chi connectivity index (χ2n) is 33.7. The second kappa shape index (κ2) is 32.3. The van der Waals surface area contributed by atoms with Gasteiger partial charge in [-0.05, 0) is 155 Å². The van der Waals surface area contributed by atoms with Crippen molar-refractivity contribution in [1.29, 1.82) is 0 Å². The van der Waals surface area contributed by atoms with Crippen molar-refractivity contribution in [3.8, 4) is 114 Å². The molecule has 7 aromatic heterocycles. The van der Waals surface area contributed by atoms with Crippen LogP contribution in [0, 0.1) is 0 Å². The molecule has 0 aliphatic rings. The normalized spacial score (nSPS) is 11.7. The van der Waals surface area contributed by atoms with E-state index < -0.39 is 0 Å². The summed E-state index contributed by atoms with van der Waals surface area (Å²) in [4.78, 5) is 46.0. The Labute approximate surface area is 774 Å². The standard InChI is InChI=1S/C45H27N3O.C39H23N3S.C37H21N3OS/c1-2-13-28(14-3-1)43-46-44(48-45(47-43)40-26-30-15-4-5-18-32(30)33-19-6-7-20-34(33)40)31-17-12-16-29(25-31)38-27-39-36-22-10-11-24-41(36)49-42(39)37-23-9-8-21-35(37)38;1-3-11-26-21-28(19-17-24(26)9-1)37-40-38(29-20-18-25-10-2-4-12-27(25)22-29)42-39(41-37)34-23-33-31-14-7-8-16-35(31)43-36(33)32-15-6-5-13-30(32)34;1-2-10-22(11-3-1)35-38-36(23-18-19-26-25-13-6-8-16-30(25)41-31(26)20-23)40-37(39-35)29-21-33-34(27-14-5-4-12-24(27)29)28-15-7-9-17-32(28)42-33/h1-27H;1-23H;1-21H. The molecule has 0 saturated heterocycles. The van der Waals surface area contributed by atoms with Crippen molar-refractivity contribution in [2.24, 2.45) is 0 Å². The fraction of sp³-hybridized carbons (Fsp3) is 0. The lowest BCUT2D eigenvalue weighted by Crippen LogP contribution is -2.01. The fourth-order valence-electron chi connectivity index (χ4n) is 19.3. The maximum atomic E-state index is 6.39. The van der Waals surface area contributed by atoms with Crippen molar-refractivity contribution in [1.82, 2.24) is 44.9 Å². The molecule has 0 spiro atoms. The first-order valence-electron chi connectivity index (χ1n) is 44.7. The lowest BCUT2D eigenvalue weighted by Gasteiger charge is -2.13. The Morgan fingerprint density at radius 1 is 0.157 bits per heavy atom. The topological polar surface area (TPSA) is 142 Å². The van der Waals surface area contributed by atoms with Crippen molar-refractivity contribution in [2.45, 2.75) is 0 Å². The summed E-state index contributed by atoms with van der Waals surface area (Å²) in [6.45, 7) is 0. The van der Waals surface area contributed by atoms with E-state index in [1.165, 1.54) is 72.7 Å². The smallest absolute Gasteiger partial charge is 0.164 e. The van der Waals surface area contributed by atoms with Gasteiger partial charge in [0.1, 0.15) is 22.3 Å². The molecular formula is C121H71N9O2S2. The predicted octanol–water partition coefficient (Wildman–Crippen LogP) is 32.9. The van der Waals surface area contributed by atoms with Crippen LogP contribution in [0.4, 0.5) is 0 Å². The first kappa shape index (κ1) is 77.6. The predicted molar refractivity (Wildman–Crippen MR) is 557 cm³/mol. The summed E-state index contributed by atoms with van der Waals surface area (Å²) in [6.07, 6.45) is 0. The number of aromatic nitrogens is 9. The highest BCUT2D eigenvalue weighted by Gasteiger charge is 2.25. The van der Waals surface area contributed by atoms with E-state index in [0.29, 0.717) is 52.4 Å². The molecule has 0 aliphatic heterocycles. The van der Waals surface area contributed by atoms with Crippen LogP contribution in [0.3, 0.4) is 0 Å². The SMILES string of the molecule is c1ccc(-c2nc(-c3ccc4c(c3)oc3ccccc34)nc(-c3cc4sc5ccccc5c4c4ccccc34)n2)cc1.c1ccc(-c2nc(-c3cccc(-c4cc5c6ccccc6oc5c5ccccc45)c3)nc(-c3cc4ccccc4c4ccccc34)n2)cc1.c1ccc2cc(-c3nc(-c4ccc5ccccc5c4)nc(-c4cc5c6ccccc6sc5c5ccccc45)n3)ccc2c1. The Kier molecular flexibility index (Phi) is 18.7. The summed E-state index contributed by atoms with van der Waals surface area (Å²) >= 11 is 3.65. The van der Waals surface area contributed by atoms with Gasteiger partial charge in [-0.2, -0.15) is 0 Å². The van der Waals surface area contributed by atoms with E-state index in [0.717, 1.165) is 148 Å². The van der Waals surface area contributed by atoms with Gasteiger partial charge in [-0.3, -0.25) is 0 Å². The highest BCUT2D eigenvalue weighted by atomic mass is 32.1. The van der Waals surface area contributed by atoms with Crippen LogP contribution in [0.2, 0.25) is 0 Å². The van der Waals surface area contributed by atoms with E-state index in [-0.39, 0.29) is 0 Å². The summed E-state index contributed by atoms with van der Waals surface area (Å²) < 4.78 is 17.7. The number of nitrogens with zero attached hydrogens (tertiary/aromatic N) is 9. The van der Waals surface area contributed by atoms with Gasteiger partial charge in [0, 0.05) is 123 Å². The first-order valence-corrected chi connectivity index (χ1v) is 46.3. The molecule has 28 rings (SSSR count). The Hall–Kier alpha value is -17.5. The quantitative estimate of drug-likeness (QED) is 0.121. The van der Waals surface area contributed by atoms with Crippen molar-refractivity contribution in [3.05, 3.63) is 431 Å². The van der Waals surface area contributed by atoms with Gasteiger partial charge in [-0.15, -0.1) is 22.7 Å². The van der Waals surface area contributed by atoms with E-state index in [9.17, 15) is 0 Å². The number of rotatable bonds is 10. The molecule has 0 aliphatic carbocycles. The Balaban J connectivity index is 0.000000105. The molecule has 0 saturated carbocycles. The van der Waals surface area contributed by atoms with Crippen LogP contribution in [0.15, 0.2) is 440 Å². The fourth-order valence-corrected chi connectivity index (χ4v) is 21.7. The van der Waals surface area contributed by atoms with Crippen LogP contribution in [0.5, 0.6) is 0 Å². The highest BCUT2D eigenvalue weighted by Crippen LogP contribution is 2.48. The third kappa shape index (κ3) is 13.7. The van der Waals surface area contributed by atoms with Gasteiger partial charge >= 0.3 is 0 Å². The number of benzene rings is 21. The van der Waals surface area contributed by atoms with E-state index in [1.807, 2.05) is 96.3 Å². The molecule has 0 N–H and O–H groups in total. The molecule has 0 amide bonds. The molecule has 11 nitrogen and oxygen atoms in total.